The van der Waals surface area contributed by atoms with Crippen LogP contribution in [0.15, 0.2) is 59.4 Å². The molecule has 2 aromatic heterocycles. The molecule has 0 amide bonds. The number of rotatable bonds is 7. The molecule has 0 spiro atoms. The Balaban J connectivity index is 1.65. The second-order valence-corrected chi connectivity index (χ2v) is 12.7. The Labute approximate surface area is 211 Å². The third-order valence-electron chi connectivity index (χ3n) is 6.05. The number of sulfonamides is 1. The van der Waals surface area contributed by atoms with Crippen LogP contribution < -0.4 is 10.3 Å². The van der Waals surface area contributed by atoms with Gasteiger partial charge in [0.25, 0.3) is 5.56 Å². The molecule has 3 N–H and O–H groups in total. The average molecular weight is 530 g/mol. The lowest BCUT2D eigenvalue weighted by molar-refractivity contribution is 0.0769. The molecule has 0 aliphatic heterocycles. The number of thiophene rings is 1. The van der Waals surface area contributed by atoms with E-state index in [1.54, 1.807) is 26.0 Å². The molecule has 1 atom stereocenters. The van der Waals surface area contributed by atoms with Crippen LogP contribution in [-0.2, 0) is 15.6 Å². The normalized spacial score (nSPS) is 15.4. The first-order chi connectivity index (χ1) is 16.5. The highest BCUT2D eigenvalue weighted by molar-refractivity contribution is 7.90. The van der Waals surface area contributed by atoms with Gasteiger partial charge in [-0.2, -0.15) is 5.10 Å². The summed E-state index contributed by atoms with van der Waals surface area (Å²) in [5.74, 6) is 0. The molecule has 4 aromatic rings. The lowest BCUT2D eigenvalue weighted by Crippen LogP contribution is -2.31. The second-order valence-electron chi connectivity index (χ2n) is 9.24. The number of nitrogens with zero attached hydrogens (tertiary/aromatic N) is 1. The summed E-state index contributed by atoms with van der Waals surface area (Å²) >= 11 is 7.94. The van der Waals surface area contributed by atoms with Gasteiger partial charge >= 0.3 is 0 Å². The topological polar surface area (TPSA) is 112 Å². The van der Waals surface area contributed by atoms with E-state index in [0.717, 1.165) is 20.5 Å². The molecule has 2 aromatic carbocycles. The van der Waals surface area contributed by atoms with E-state index in [1.807, 2.05) is 42.5 Å². The first-order valence-electron chi connectivity index (χ1n) is 11.2. The number of hydrogen-bond donors (Lipinski definition) is 3. The van der Waals surface area contributed by atoms with E-state index >= 15 is 0 Å². The van der Waals surface area contributed by atoms with Crippen LogP contribution in [0.25, 0.3) is 21.3 Å². The van der Waals surface area contributed by atoms with E-state index in [-0.39, 0.29) is 10.8 Å². The lowest BCUT2D eigenvalue weighted by atomic mass is 9.98. The first-order valence-corrected chi connectivity index (χ1v) is 13.9. The smallest absolute Gasteiger partial charge is 0.270 e. The van der Waals surface area contributed by atoms with Crippen LogP contribution in [-0.4, -0.2) is 29.0 Å². The quantitative estimate of drug-likeness (QED) is 0.321. The van der Waals surface area contributed by atoms with Crippen molar-refractivity contribution in [2.75, 3.05) is 0 Å². The molecule has 1 fully saturated rings. The highest BCUT2D eigenvalue weighted by Crippen LogP contribution is 2.41. The van der Waals surface area contributed by atoms with Crippen LogP contribution in [0.2, 0.25) is 5.02 Å². The minimum atomic E-state index is -3.51. The third kappa shape index (κ3) is 4.79. The van der Waals surface area contributed by atoms with Crippen molar-refractivity contribution < 1.29 is 13.5 Å². The van der Waals surface area contributed by atoms with E-state index in [0.29, 0.717) is 29.1 Å². The Morgan fingerprint density at radius 3 is 2.60 bits per heavy atom. The Morgan fingerprint density at radius 1 is 1.17 bits per heavy atom. The van der Waals surface area contributed by atoms with Gasteiger partial charge in [0.2, 0.25) is 10.0 Å². The van der Waals surface area contributed by atoms with Crippen molar-refractivity contribution in [2.24, 2.45) is 0 Å². The minimum Gasteiger partial charge on any atom is -0.386 e. The van der Waals surface area contributed by atoms with Gasteiger partial charge in [0.15, 0.2) is 0 Å². The van der Waals surface area contributed by atoms with E-state index in [1.165, 1.54) is 11.3 Å². The fraction of sp³-hybridized carbons (Fsp3) is 0.280. The van der Waals surface area contributed by atoms with Crippen molar-refractivity contribution in [3.63, 3.8) is 0 Å². The summed E-state index contributed by atoms with van der Waals surface area (Å²) in [5.41, 5.74) is 0.377. The molecule has 10 heteroatoms. The van der Waals surface area contributed by atoms with Crippen LogP contribution in [0.5, 0.6) is 0 Å². The van der Waals surface area contributed by atoms with Gasteiger partial charge in [-0.05, 0) is 55.8 Å². The summed E-state index contributed by atoms with van der Waals surface area (Å²) in [7, 11) is -3.51. The zero-order valence-electron chi connectivity index (χ0n) is 19.1. The number of aliphatic hydroxyl groups is 1. The van der Waals surface area contributed by atoms with Crippen molar-refractivity contribution in [2.45, 2.75) is 43.6 Å². The number of halogens is 1. The number of H-pyrrole nitrogens is 1. The van der Waals surface area contributed by atoms with Gasteiger partial charge in [-0.25, -0.2) is 18.2 Å². The van der Waals surface area contributed by atoms with Crippen LogP contribution in [0.3, 0.4) is 0 Å². The summed E-state index contributed by atoms with van der Waals surface area (Å²) in [6.45, 7) is 3.09. The van der Waals surface area contributed by atoms with Gasteiger partial charge in [-0.1, -0.05) is 48.0 Å². The summed E-state index contributed by atoms with van der Waals surface area (Å²) in [4.78, 5) is 13.0. The number of aromatic nitrogens is 2. The Kier molecular flexibility index (Phi) is 6.09. The Morgan fingerprint density at radius 2 is 1.91 bits per heavy atom. The summed E-state index contributed by atoms with van der Waals surface area (Å²) < 4.78 is 29.6. The van der Waals surface area contributed by atoms with Crippen molar-refractivity contribution in [3.8, 4) is 11.3 Å². The summed E-state index contributed by atoms with van der Waals surface area (Å²) in [6, 6.07) is 15.8. The molecule has 182 valence electrons. The Bertz CT molecular complexity index is 1580. The van der Waals surface area contributed by atoms with Gasteiger partial charge in [-0.15, -0.1) is 11.3 Å². The number of benzene rings is 2. The fourth-order valence-electron chi connectivity index (χ4n) is 4.05. The molecule has 1 unspecified atom stereocenters. The molecule has 0 bridgehead atoms. The predicted molar refractivity (Wildman–Crippen MR) is 139 cm³/mol. The van der Waals surface area contributed by atoms with Crippen molar-refractivity contribution in [3.05, 3.63) is 86.0 Å². The monoisotopic (exact) mass is 529 g/mol. The molecular formula is C25H24ClN3O4S2. The van der Waals surface area contributed by atoms with Crippen molar-refractivity contribution in [1.29, 1.82) is 0 Å². The van der Waals surface area contributed by atoms with Gasteiger partial charge in [0.05, 0.1) is 28.2 Å². The first kappa shape index (κ1) is 24.1. The number of fused-ring (bicyclic) bond motifs is 1. The number of hydrogen-bond acceptors (Lipinski definition) is 6. The summed E-state index contributed by atoms with van der Waals surface area (Å²) in [6.07, 6.45) is 1.31. The zero-order valence-corrected chi connectivity index (χ0v) is 21.5. The molecule has 0 saturated heterocycles. The molecule has 0 radical (unpaired) electrons. The average Bonchev–Trinajstić information content (AvgIpc) is 3.57. The Hall–Kier alpha value is -2.56. The van der Waals surface area contributed by atoms with E-state index in [4.69, 9.17) is 11.6 Å². The van der Waals surface area contributed by atoms with E-state index in [2.05, 4.69) is 14.9 Å². The lowest BCUT2D eigenvalue weighted by Gasteiger charge is -2.19. The highest BCUT2D eigenvalue weighted by Gasteiger charge is 2.38. The SMILES string of the molecule is CC(C)(O)c1cc(-c2cccc3cc(C(NS(=O)(=O)C4CC4)c4ccccc4Cl)sc23)n[nH]c1=O. The van der Waals surface area contributed by atoms with Crippen LogP contribution in [0.1, 0.15) is 48.7 Å². The molecule has 35 heavy (non-hydrogen) atoms. The maximum atomic E-state index is 12.9. The maximum Gasteiger partial charge on any atom is 0.270 e. The van der Waals surface area contributed by atoms with E-state index in [9.17, 15) is 18.3 Å². The molecule has 5 rings (SSSR count). The fourth-order valence-corrected chi connectivity index (χ4v) is 7.15. The van der Waals surface area contributed by atoms with Gasteiger partial charge in [-0.3, -0.25) is 4.79 Å². The highest BCUT2D eigenvalue weighted by atomic mass is 35.5. The van der Waals surface area contributed by atoms with Crippen LogP contribution in [0.4, 0.5) is 0 Å². The third-order valence-corrected chi connectivity index (χ3v) is 9.55. The molecule has 7 nitrogen and oxygen atoms in total. The zero-order chi connectivity index (χ0) is 25.0. The molecule has 2 heterocycles. The van der Waals surface area contributed by atoms with Gasteiger partial charge in [0, 0.05) is 20.2 Å². The van der Waals surface area contributed by atoms with Gasteiger partial charge in [0.1, 0.15) is 0 Å². The maximum absolute atomic E-state index is 12.9. The van der Waals surface area contributed by atoms with Crippen LogP contribution in [0, 0.1) is 0 Å². The molecule has 1 aliphatic rings. The minimum absolute atomic E-state index is 0.211. The molecule has 1 saturated carbocycles. The van der Waals surface area contributed by atoms with Crippen molar-refractivity contribution >= 4 is 43.0 Å². The number of nitrogens with one attached hydrogen (secondary N) is 2. The van der Waals surface area contributed by atoms with E-state index < -0.39 is 27.2 Å². The molecular weight excluding hydrogens is 506 g/mol. The van der Waals surface area contributed by atoms with Crippen LogP contribution >= 0.6 is 22.9 Å². The largest absolute Gasteiger partial charge is 0.386 e. The second kappa shape index (κ2) is 8.83. The standard InChI is InChI=1S/C25H24ClN3O4S2/c1-25(2,31)18-13-20(27-28-24(18)30)17-8-5-6-14-12-21(34-23(14)17)22(16-7-3-4-9-19(16)26)29-35(32,33)15-10-11-15/h3-9,12-13,15,22,29,31H,10-11H2,1-2H3,(H,28,30). The predicted octanol–water partition coefficient (Wildman–Crippen LogP) is 4.70. The number of aromatic amines is 1. The van der Waals surface area contributed by atoms with Crippen molar-refractivity contribution in [1.82, 2.24) is 14.9 Å². The summed E-state index contributed by atoms with van der Waals surface area (Å²) in [5, 5.41) is 18.1. The molecule has 1 aliphatic carbocycles. The van der Waals surface area contributed by atoms with Gasteiger partial charge < -0.3 is 5.11 Å².